The van der Waals surface area contributed by atoms with Crippen molar-refractivity contribution in [2.45, 2.75) is 44.3 Å². The van der Waals surface area contributed by atoms with E-state index in [9.17, 15) is 19.5 Å². The van der Waals surface area contributed by atoms with E-state index in [1.807, 2.05) is 59.5 Å². The highest BCUT2D eigenvalue weighted by Gasteiger charge is 2.34. The van der Waals surface area contributed by atoms with E-state index in [0.717, 1.165) is 26.8 Å². The van der Waals surface area contributed by atoms with Crippen LogP contribution in [0.4, 0.5) is 4.79 Å². The number of hydrogen-bond acceptors (Lipinski definition) is 5. The summed E-state index contributed by atoms with van der Waals surface area (Å²) in [5.74, 6) is -0.00293. The molecule has 10 heteroatoms. The van der Waals surface area contributed by atoms with Crippen LogP contribution in [-0.4, -0.2) is 59.1 Å². The molecule has 218 valence electrons. The summed E-state index contributed by atoms with van der Waals surface area (Å²) < 4.78 is 6.65. The first kappa shape index (κ1) is 29.4. The van der Waals surface area contributed by atoms with Crippen molar-refractivity contribution in [3.8, 4) is 16.9 Å². The van der Waals surface area contributed by atoms with Gasteiger partial charge in [0.25, 0.3) is 5.91 Å². The second kappa shape index (κ2) is 12.4. The van der Waals surface area contributed by atoms with Crippen LogP contribution in [0.2, 0.25) is 5.02 Å². The van der Waals surface area contributed by atoms with Crippen molar-refractivity contribution < 1.29 is 24.2 Å². The number of benzene rings is 3. The molecule has 3 aromatic carbocycles. The number of rotatable bonds is 8. The van der Waals surface area contributed by atoms with Gasteiger partial charge in [0.05, 0.1) is 12.1 Å². The fourth-order valence-electron chi connectivity index (χ4n) is 5.65. The Balaban J connectivity index is 1.50. The topological polar surface area (TPSA) is 113 Å². The largest absolute Gasteiger partial charge is 0.496 e. The van der Waals surface area contributed by atoms with Crippen LogP contribution in [0.3, 0.4) is 0 Å². The Labute approximate surface area is 253 Å². The second-order valence-electron chi connectivity index (χ2n) is 10.5. The van der Waals surface area contributed by atoms with E-state index in [-0.39, 0.29) is 24.5 Å². The molecule has 0 aliphatic heterocycles. The number of carbonyl (C=O) groups excluding carboxylic acids is 2. The number of fused-ring (bicyclic) bond motifs is 1. The number of thiophene rings is 1. The predicted molar refractivity (Wildman–Crippen MR) is 165 cm³/mol. The molecule has 5 rings (SSSR count). The summed E-state index contributed by atoms with van der Waals surface area (Å²) in [6.07, 6.45) is 1.68. The molecule has 1 aromatic heterocycles. The summed E-state index contributed by atoms with van der Waals surface area (Å²) in [6.45, 7) is 0.282. The Morgan fingerprint density at radius 3 is 2.24 bits per heavy atom. The number of nitrogens with zero attached hydrogens (tertiary/aromatic N) is 2. The first-order valence-corrected chi connectivity index (χ1v) is 14.9. The number of ether oxygens (including phenoxy) is 1. The number of primary amides is 1. The van der Waals surface area contributed by atoms with Crippen molar-refractivity contribution in [3.05, 3.63) is 87.8 Å². The molecule has 1 fully saturated rings. The van der Waals surface area contributed by atoms with E-state index in [1.54, 1.807) is 26.3 Å². The van der Waals surface area contributed by atoms with E-state index >= 15 is 0 Å². The predicted octanol–water partition coefficient (Wildman–Crippen LogP) is 6.89. The summed E-state index contributed by atoms with van der Waals surface area (Å²) >= 11 is 8.15. The standard InChI is InChI=1S/C32H32ClN3O5S/c1-35(32(39)40)23-12-14-24(15-13-23)36(31(38)29-28(33)25-5-3-4-6-27(25)42-29)18-22-17-21(11-16-26(22)41-2)19-7-9-20(10-8-19)30(34)37/h3-11,16-17,23-24H,12-15,18H2,1-2H3,(H2,34,37)(H,39,40). The average Bonchev–Trinajstić information content (AvgIpc) is 3.35. The van der Waals surface area contributed by atoms with Crippen LogP contribution < -0.4 is 10.5 Å². The van der Waals surface area contributed by atoms with Crippen molar-refractivity contribution in [2.24, 2.45) is 5.73 Å². The van der Waals surface area contributed by atoms with Gasteiger partial charge in [0.1, 0.15) is 10.6 Å². The fourth-order valence-corrected chi connectivity index (χ4v) is 7.12. The normalized spacial score (nSPS) is 16.6. The molecule has 1 aliphatic carbocycles. The van der Waals surface area contributed by atoms with Crippen molar-refractivity contribution in [1.29, 1.82) is 0 Å². The van der Waals surface area contributed by atoms with Gasteiger partial charge >= 0.3 is 6.09 Å². The molecule has 3 amide bonds. The molecule has 1 aliphatic rings. The summed E-state index contributed by atoms with van der Waals surface area (Å²) in [5, 5.41) is 10.8. The van der Waals surface area contributed by atoms with Gasteiger partial charge in [-0.3, -0.25) is 9.59 Å². The Hall–Kier alpha value is -4.08. The van der Waals surface area contributed by atoms with Crippen LogP contribution in [0, 0.1) is 0 Å². The Morgan fingerprint density at radius 1 is 0.976 bits per heavy atom. The monoisotopic (exact) mass is 605 g/mol. The van der Waals surface area contributed by atoms with Crippen molar-refractivity contribution in [2.75, 3.05) is 14.2 Å². The van der Waals surface area contributed by atoms with Gasteiger partial charge in [-0.15, -0.1) is 11.3 Å². The molecule has 1 heterocycles. The molecule has 4 aromatic rings. The van der Waals surface area contributed by atoms with E-state index in [0.29, 0.717) is 46.9 Å². The third-order valence-electron chi connectivity index (χ3n) is 8.07. The third-order valence-corrected chi connectivity index (χ3v) is 9.73. The van der Waals surface area contributed by atoms with Gasteiger partial charge < -0.3 is 25.4 Å². The molecule has 1 saturated carbocycles. The molecule has 3 N–H and O–H groups in total. The van der Waals surface area contributed by atoms with Crippen molar-refractivity contribution in [3.63, 3.8) is 0 Å². The first-order chi connectivity index (χ1) is 20.2. The first-order valence-electron chi connectivity index (χ1n) is 13.7. The number of carbonyl (C=O) groups is 3. The van der Waals surface area contributed by atoms with Gasteiger partial charge in [0.15, 0.2) is 0 Å². The summed E-state index contributed by atoms with van der Waals surface area (Å²) in [5.41, 5.74) is 8.46. The zero-order valence-electron chi connectivity index (χ0n) is 23.4. The van der Waals surface area contributed by atoms with Gasteiger partial charge in [-0.2, -0.15) is 0 Å². The lowest BCUT2D eigenvalue weighted by Crippen LogP contribution is -2.46. The smallest absolute Gasteiger partial charge is 0.407 e. The van der Waals surface area contributed by atoms with Crippen molar-refractivity contribution in [1.82, 2.24) is 9.80 Å². The Bertz CT molecular complexity index is 1630. The van der Waals surface area contributed by atoms with Crippen LogP contribution >= 0.6 is 22.9 Å². The molecular weight excluding hydrogens is 574 g/mol. The summed E-state index contributed by atoms with van der Waals surface area (Å²) in [6, 6.07) is 20.4. The van der Waals surface area contributed by atoms with E-state index in [2.05, 4.69) is 0 Å². The van der Waals surface area contributed by atoms with Gasteiger partial charge in [0.2, 0.25) is 5.91 Å². The van der Waals surface area contributed by atoms with Gasteiger partial charge in [0, 0.05) is 46.9 Å². The number of halogens is 1. The molecular formula is C32H32ClN3O5S. The minimum Gasteiger partial charge on any atom is -0.496 e. The molecule has 0 saturated heterocycles. The number of nitrogens with two attached hydrogens (primary N) is 1. The summed E-state index contributed by atoms with van der Waals surface area (Å²) in [7, 11) is 3.20. The second-order valence-corrected chi connectivity index (χ2v) is 11.9. The molecule has 0 spiro atoms. The van der Waals surface area contributed by atoms with Crippen LogP contribution in [0.15, 0.2) is 66.7 Å². The van der Waals surface area contributed by atoms with Gasteiger partial charge in [-0.05, 0) is 67.1 Å². The highest BCUT2D eigenvalue weighted by molar-refractivity contribution is 7.21. The minimum absolute atomic E-state index is 0.0927. The van der Waals surface area contributed by atoms with Crippen LogP contribution in [-0.2, 0) is 6.54 Å². The third kappa shape index (κ3) is 5.93. The molecule has 42 heavy (non-hydrogen) atoms. The lowest BCUT2D eigenvalue weighted by atomic mass is 9.89. The Morgan fingerprint density at radius 2 is 1.62 bits per heavy atom. The number of hydrogen-bond donors (Lipinski definition) is 2. The lowest BCUT2D eigenvalue weighted by Gasteiger charge is -2.39. The molecule has 0 bridgehead atoms. The molecule has 0 atom stereocenters. The highest BCUT2D eigenvalue weighted by atomic mass is 35.5. The van der Waals surface area contributed by atoms with E-state index < -0.39 is 12.0 Å². The number of amides is 3. The lowest BCUT2D eigenvalue weighted by molar-refractivity contribution is 0.0555. The molecule has 0 unspecified atom stereocenters. The molecule has 8 nitrogen and oxygen atoms in total. The fraction of sp³-hybridized carbons (Fsp3) is 0.281. The van der Waals surface area contributed by atoms with Crippen LogP contribution in [0.25, 0.3) is 21.2 Å². The number of methoxy groups -OCH3 is 1. The zero-order valence-corrected chi connectivity index (χ0v) is 25.0. The van der Waals surface area contributed by atoms with E-state index in [4.69, 9.17) is 22.1 Å². The van der Waals surface area contributed by atoms with Gasteiger partial charge in [-0.1, -0.05) is 48.0 Å². The van der Waals surface area contributed by atoms with Crippen molar-refractivity contribution >= 4 is 50.9 Å². The maximum absolute atomic E-state index is 14.3. The number of carboxylic acid groups (broad SMARTS) is 1. The average molecular weight is 606 g/mol. The van der Waals surface area contributed by atoms with Crippen LogP contribution in [0.1, 0.15) is 51.3 Å². The maximum Gasteiger partial charge on any atom is 0.407 e. The SMILES string of the molecule is COc1ccc(-c2ccc(C(N)=O)cc2)cc1CN(C(=O)c1sc2ccccc2c1Cl)C1CCC(N(C)C(=O)O)CC1. The van der Waals surface area contributed by atoms with Crippen LogP contribution in [0.5, 0.6) is 5.75 Å². The van der Waals surface area contributed by atoms with Gasteiger partial charge in [-0.25, -0.2) is 4.79 Å². The van der Waals surface area contributed by atoms with E-state index in [1.165, 1.54) is 16.2 Å². The molecule has 0 radical (unpaired) electrons. The summed E-state index contributed by atoms with van der Waals surface area (Å²) in [4.78, 5) is 41.1. The quantitative estimate of drug-likeness (QED) is 0.227. The minimum atomic E-state index is -0.950. The zero-order chi connectivity index (χ0) is 30.0. The Kier molecular flexibility index (Phi) is 8.70. The maximum atomic E-state index is 14.3. The highest BCUT2D eigenvalue weighted by Crippen LogP contribution is 2.38.